The summed E-state index contributed by atoms with van der Waals surface area (Å²) in [7, 11) is 0. The molecule has 0 unspecified atom stereocenters. The van der Waals surface area contributed by atoms with E-state index < -0.39 is 0 Å². The van der Waals surface area contributed by atoms with Gasteiger partial charge in [0, 0.05) is 6.07 Å². The van der Waals surface area contributed by atoms with Gasteiger partial charge in [0.05, 0.1) is 11.1 Å². The number of nitrogens with zero attached hydrogens (tertiary/aromatic N) is 2. The highest BCUT2D eigenvalue weighted by Gasteiger charge is 2.10. The van der Waals surface area contributed by atoms with Gasteiger partial charge in [-0.15, -0.1) is 0 Å². The summed E-state index contributed by atoms with van der Waals surface area (Å²) in [6, 6.07) is 1.51. The third kappa shape index (κ3) is 1.82. The summed E-state index contributed by atoms with van der Waals surface area (Å²) in [4.78, 5) is 19.9. The second-order valence-electron chi connectivity index (χ2n) is 3.42. The molecule has 2 aromatic heterocycles. The monoisotopic (exact) mass is 236 g/mol. The Hall–Kier alpha value is -1.36. The Balaban J connectivity index is 2.88. The highest BCUT2D eigenvalue weighted by Crippen LogP contribution is 2.21. The molecule has 0 aliphatic carbocycles. The molecule has 0 amide bonds. The third-order valence-electron chi connectivity index (χ3n) is 2.41. The molecule has 5 heteroatoms. The fourth-order valence-electron chi connectivity index (χ4n) is 1.67. The molecule has 2 heterocycles. The predicted octanol–water partition coefficient (Wildman–Crippen LogP) is 2.18. The number of fused-ring (bicyclic) bond motifs is 1. The van der Waals surface area contributed by atoms with Crippen molar-refractivity contribution in [1.82, 2.24) is 9.97 Å². The molecule has 2 rings (SSSR count). The number of hydrogen-bond acceptors (Lipinski definition) is 5. The van der Waals surface area contributed by atoms with Crippen LogP contribution in [0.2, 0.25) is 0 Å². The molecule has 84 valence electrons. The fourth-order valence-corrected chi connectivity index (χ4v) is 2.08. The second-order valence-corrected chi connectivity index (χ2v) is 4.19. The Morgan fingerprint density at radius 1 is 1.44 bits per heavy atom. The van der Waals surface area contributed by atoms with Gasteiger partial charge in [0.1, 0.15) is 0 Å². The van der Waals surface area contributed by atoms with E-state index >= 15 is 0 Å². The van der Waals surface area contributed by atoms with Crippen LogP contribution in [0.25, 0.3) is 11.1 Å². The number of thioether (sulfide) groups is 1. The van der Waals surface area contributed by atoms with E-state index in [9.17, 15) is 4.79 Å². The second kappa shape index (κ2) is 4.25. The van der Waals surface area contributed by atoms with E-state index in [1.54, 1.807) is 0 Å². The van der Waals surface area contributed by atoms with Crippen molar-refractivity contribution in [2.45, 2.75) is 25.4 Å². The molecule has 0 N–H and O–H groups in total. The van der Waals surface area contributed by atoms with E-state index in [4.69, 9.17) is 4.42 Å². The molecular formula is C11H12N2O2S. The first kappa shape index (κ1) is 11.1. The van der Waals surface area contributed by atoms with Crippen LogP contribution < -0.4 is 5.63 Å². The molecule has 0 spiro atoms. The lowest BCUT2D eigenvalue weighted by Crippen LogP contribution is -2.04. The minimum absolute atomic E-state index is 0.352. The summed E-state index contributed by atoms with van der Waals surface area (Å²) in [5.41, 5.74) is 1.84. The van der Waals surface area contributed by atoms with Gasteiger partial charge in [0.25, 0.3) is 0 Å². The van der Waals surface area contributed by atoms with E-state index in [1.165, 1.54) is 17.8 Å². The Morgan fingerprint density at radius 3 is 2.81 bits per heavy atom. The van der Waals surface area contributed by atoms with Gasteiger partial charge in [-0.3, -0.25) is 0 Å². The number of rotatable bonds is 2. The van der Waals surface area contributed by atoms with Crippen molar-refractivity contribution >= 4 is 22.9 Å². The van der Waals surface area contributed by atoms with Crippen LogP contribution in [-0.2, 0) is 6.42 Å². The zero-order chi connectivity index (χ0) is 11.7. The van der Waals surface area contributed by atoms with Crippen LogP contribution in [-0.4, -0.2) is 16.2 Å². The van der Waals surface area contributed by atoms with Crippen LogP contribution in [0.4, 0.5) is 0 Å². The summed E-state index contributed by atoms with van der Waals surface area (Å²) in [5, 5.41) is 1.49. The highest BCUT2D eigenvalue weighted by molar-refractivity contribution is 7.98. The van der Waals surface area contributed by atoms with Crippen molar-refractivity contribution in [1.29, 1.82) is 0 Å². The maximum atomic E-state index is 11.3. The summed E-state index contributed by atoms with van der Waals surface area (Å²) in [6.07, 6.45) is 2.66. The van der Waals surface area contributed by atoms with Gasteiger partial charge in [-0.1, -0.05) is 18.7 Å². The first-order valence-corrected chi connectivity index (χ1v) is 6.23. The van der Waals surface area contributed by atoms with E-state index in [-0.39, 0.29) is 5.63 Å². The molecule has 0 fully saturated rings. The first-order chi connectivity index (χ1) is 7.65. The normalized spacial score (nSPS) is 10.9. The van der Waals surface area contributed by atoms with Gasteiger partial charge in [-0.25, -0.2) is 9.78 Å². The molecule has 0 bridgehead atoms. The number of hydrogen-bond donors (Lipinski definition) is 0. The van der Waals surface area contributed by atoms with E-state index in [1.807, 2.05) is 20.1 Å². The van der Waals surface area contributed by atoms with Crippen molar-refractivity contribution in [3.8, 4) is 0 Å². The summed E-state index contributed by atoms with van der Waals surface area (Å²) in [5.74, 6) is 0. The molecule has 16 heavy (non-hydrogen) atoms. The topological polar surface area (TPSA) is 56.0 Å². The lowest BCUT2D eigenvalue weighted by molar-refractivity contribution is 0.541. The van der Waals surface area contributed by atoms with Gasteiger partial charge in [-0.05, 0) is 25.2 Å². The van der Waals surface area contributed by atoms with Crippen molar-refractivity contribution in [2.75, 3.05) is 6.26 Å². The standard InChI is InChI=1S/C11H12N2O2S/c1-4-7-5-8(14)15-10-9(7)6(2)12-11(13-10)16-3/h5H,4H2,1-3H3. The maximum absolute atomic E-state index is 11.3. The Labute approximate surface area is 97.1 Å². The quantitative estimate of drug-likeness (QED) is 0.591. The molecule has 0 saturated heterocycles. The minimum atomic E-state index is -0.352. The molecule has 0 atom stereocenters. The average molecular weight is 236 g/mol. The Bertz CT molecular complexity index is 592. The van der Waals surface area contributed by atoms with Crippen LogP contribution in [0.5, 0.6) is 0 Å². The fraction of sp³-hybridized carbons (Fsp3) is 0.364. The zero-order valence-corrected chi connectivity index (χ0v) is 10.2. The van der Waals surface area contributed by atoms with E-state index in [2.05, 4.69) is 9.97 Å². The van der Waals surface area contributed by atoms with Gasteiger partial charge in [0.15, 0.2) is 5.16 Å². The third-order valence-corrected chi connectivity index (χ3v) is 2.96. The largest absolute Gasteiger partial charge is 0.403 e. The predicted molar refractivity (Wildman–Crippen MR) is 64.0 cm³/mol. The molecule has 0 aliphatic rings. The van der Waals surface area contributed by atoms with E-state index in [0.717, 1.165) is 23.1 Å². The molecular weight excluding hydrogens is 224 g/mol. The van der Waals surface area contributed by atoms with Crippen molar-refractivity contribution < 1.29 is 4.42 Å². The molecule has 4 nitrogen and oxygen atoms in total. The van der Waals surface area contributed by atoms with Gasteiger partial charge in [-0.2, -0.15) is 4.98 Å². The molecule has 0 aromatic carbocycles. The van der Waals surface area contributed by atoms with Gasteiger partial charge in [0.2, 0.25) is 5.71 Å². The van der Waals surface area contributed by atoms with Gasteiger partial charge >= 0.3 is 5.63 Å². The lowest BCUT2D eigenvalue weighted by atomic mass is 10.1. The van der Waals surface area contributed by atoms with Crippen molar-refractivity contribution in [2.24, 2.45) is 0 Å². The molecule has 0 radical (unpaired) electrons. The Kier molecular flexibility index (Phi) is 2.96. The maximum Gasteiger partial charge on any atom is 0.337 e. The molecule has 0 aliphatic heterocycles. The SMILES string of the molecule is CCc1cc(=O)oc2nc(SC)nc(C)c12. The van der Waals surface area contributed by atoms with Crippen LogP contribution in [0, 0.1) is 6.92 Å². The number of aryl methyl sites for hydroxylation is 2. The van der Waals surface area contributed by atoms with Crippen LogP contribution in [0.1, 0.15) is 18.2 Å². The lowest BCUT2D eigenvalue weighted by Gasteiger charge is -2.05. The molecule has 2 aromatic rings. The first-order valence-electron chi connectivity index (χ1n) is 5.01. The smallest absolute Gasteiger partial charge is 0.337 e. The summed E-state index contributed by atoms with van der Waals surface area (Å²) < 4.78 is 5.11. The van der Waals surface area contributed by atoms with Crippen molar-refractivity contribution in [3.63, 3.8) is 0 Å². The summed E-state index contributed by atoms with van der Waals surface area (Å²) in [6.45, 7) is 3.90. The van der Waals surface area contributed by atoms with Crippen LogP contribution >= 0.6 is 11.8 Å². The number of aromatic nitrogens is 2. The van der Waals surface area contributed by atoms with Crippen LogP contribution in [0.15, 0.2) is 20.4 Å². The van der Waals surface area contributed by atoms with Crippen LogP contribution in [0.3, 0.4) is 0 Å². The summed E-state index contributed by atoms with van der Waals surface area (Å²) >= 11 is 1.43. The average Bonchev–Trinajstić information content (AvgIpc) is 2.26. The highest BCUT2D eigenvalue weighted by atomic mass is 32.2. The Morgan fingerprint density at radius 2 is 2.19 bits per heavy atom. The van der Waals surface area contributed by atoms with Gasteiger partial charge < -0.3 is 4.42 Å². The minimum Gasteiger partial charge on any atom is -0.403 e. The van der Waals surface area contributed by atoms with Crippen molar-refractivity contribution in [3.05, 3.63) is 27.7 Å². The molecule has 0 saturated carbocycles. The van der Waals surface area contributed by atoms with E-state index in [0.29, 0.717) is 10.9 Å². The zero-order valence-electron chi connectivity index (χ0n) is 9.40.